The zero-order valence-corrected chi connectivity index (χ0v) is 14.8. The Kier molecular flexibility index (Phi) is 3.25. The summed E-state index contributed by atoms with van der Waals surface area (Å²) in [4.78, 5) is 20.9. The van der Waals surface area contributed by atoms with Gasteiger partial charge < -0.3 is 10.1 Å². The molecule has 5 nitrogen and oxygen atoms in total. The van der Waals surface area contributed by atoms with Crippen molar-refractivity contribution in [3.8, 4) is 5.88 Å². The van der Waals surface area contributed by atoms with Crippen molar-refractivity contribution in [2.45, 2.75) is 37.4 Å². The molecule has 0 spiro atoms. The number of H-pyrrole nitrogens is 1. The predicted octanol–water partition coefficient (Wildman–Crippen LogP) is 3.25. The molecule has 0 saturated carbocycles. The van der Waals surface area contributed by atoms with E-state index in [1.807, 2.05) is 12.1 Å². The maximum atomic E-state index is 13.1. The number of aromatic nitrogens is 3. The minimum Gasteiger partial charge on any atom is -0.493 e. The van der Waals surface area contributed by atoms with Crippen molar-refractivity contribution in [2.75, 3.05) is 5.75 Å². The van der Waals surface area contributed by atoms with Crippen LogP contribution in [0.3, 0.4) is 0 Å². The van der Waals surface area contributed by atoms with Crippen LogP contribution >= 0.6 is 11.8 Å². The van der Waals surface area contributed by atoms with Crippen LogP contribution in [-0.2, 0) is 13.0 Å². The van der Waals surface area contributed by atoms with E-state index in [2.05, 4.69) is 29.0 Å². The topological polar surface area (TPSA) is 70.9 Å². The molecular formula is C19H19N3O2S. The van der Waals surface area contributed by atoms with Gasteiger partial charge >= 0.3 is 0 Å². The number of benzene rings is 1. The fourth-order valence-corrected chi connectivity index (χ4v) is 5.29. The number of para-hydroxylation sites is 1. The lowest BCUT2D eigenvalue weighted by Gasteiger charge is -2.29. The number of nitrogens with zero attached hydrogens (tertiary/aromatic N) is 2. The Bertz CT molecular complexity index is 1050. The van der Waals surface area contributed by atoms with Crippen LogP contribution in [0.4, 0.5) is 0 Å². The summed E-state index contributed by atoms with van der Waals surface area (Å²) in [5.41, 5.74) is 3.80. The lowest BCUT2D eigenvalue weighted by molar-refractivity contribution is 0.387. The van der Waals surface area contributed by atoms with Crippen molar-refractivity contribution in [1.29, 1.82) is 0 Å². The second kappa shape index (κ2) is 5.39. The molecule has 1 unspecified atom stereocenters. The van der Waals surface area contributed by atoms with E-state index in [1.54, 1.807) is 4.57 Å². The first-order chi connectivity index (χ1) is 12.1. The molecule has 5 rings (SSSR count). The molecule has 2 N–H and O–H groups in total. The SMILES string of the molecule is CC1CCc2c([nH]c3ccccc23)[C@H]1c1c(O)nc2n(c1=O)CCS2. The maximum Gasteiger partial charge on any atom is 0.261 e. The second-order valence-corrected chi connectivity index (χ2v) is 8.06. The zero-order chi connectivity index (χ0) is 17.1. The first-order valence-electron chi connectivity index (χ1n) is 8.71. The molecule has 0 radical (unpaired) electrons. The Morgan fingerprint density at radius 2 is 2.20 bits per heavy atom. The van der Waals surface area contributed by atoms with Crippen LogP contribution in [0.25, 0.3) is 10.9 Å². The number of aromatic amines is 1. The molecule has 1 aliphatic heterocycles. The fourth-order valence-electron chi connectivity index (χ4n) is 4.35. The third kappa shape index (κ3) is 2.10. The molecule has 1 aliphatic carbocycles. The predicted molar refractivity (Wildman–Crippen MR) is 98.5 cm³/mol. The average molecular weight is 353 g/mol. The highest BCUT2D eigenvalue weighted by molar-refractivity contribution is 7.99. The van der Waals surface area contributed by atoms with E-state index in [1.165, 1.54) is 22.7 Å². The van der Waals surface area contributed by atoms with Gasteiger partial charge in [-0.05, 0) is 30.4 Å². The average Bonchev–Trinajstić information content (AvgIpc) is 3.20. The van der Waals surface area contributed by atoms with Crippen molar-refractivity contribution in [1.82, 2.24) is 14.5 Å². The van der Waals surface area contributed by atoms with Crippen molar-refractivity contribution in [3.63, 3.8) is 0 Å². The van der Waals surface area contributed by atoms with E-state index >= 15 is 0 Å². The van der Waals surface area contributed by atoms with E-state index in [0.717, 1.165) is 29.8 Å². The Morgan fingerprint density at radius 1 is 1.36 bits per heavy atom. The van der Waals surface area contributed by atoms with Gasteiger partial charge in [0, 0.05) is 34.8 Å². The summed E-state index contributed by atoms with van der Waals surface area (Å²) >= 11 is 1.53. The minimum atomic E-state index is -0.139. The molecule has 0 fully saturated rings. The van der Waals surface area contributed by atoms with Crippen molar-refractivity contribution in [2.24, 2.45) is 5.92 Å². The third-order valence-corrected chi connectivity index (χ3v) is 6.54. The van der Waals surface area contributed by atoms with E-state index < -0.39 is 0 Å². The monoisotopic (exact) mass is 353 g/mol. The number of thioether (sulfide) groups is 1. The van der Waals surface area contributed by atoms with Gasteiger partial charge in [-0.1, -0.05) is 36.9 Å². The van der Waals surface area contributed by atoms with Gasteiger partial charge in [0.1, 0.15) is 0 Å². The van der Waals surface area contributed by atoms with E-state index in [9.17, 15) is 9.90 Å². The van der Waals surface area contributed by atoms with Crippen LogP contribution in [0, 0.1) is 5.92 Å². The van der Waals surface area contributed by atoms with Crippen molar-refractivity contribution < 1.29 is 5.11 Å². The van der Waals surface area contributed by atoms with Crippen LogP contribution in [0.5, 0.6) is 5.88 Å². The molecule has 1 aromatic carbocycles. The maximum absolute atomic E-state index is 13.1. The lowest BCUT2D eigenvalue weighted by Crippen LogP contribution is -2.30. The Hall–Kier alpha value is -2.21. The normalized spacial score (nSPS) is 22.1. The number of aromatic hydroxyl groups is 1. The molecule has 3 heterocycles. The summed E-state index contributed by atoms with van der Waals surface area (Å²) in [6, 6.07) is 8.26. The second-order valence-electron chi connectivity index (χ2n) is 6.99. The van der Waals surface area contributed by atoms with Gasteiger partial charge in [0.25, 0.3) is 5.56 Å². The summed E-state index contributed by atoms with van der Waals surface area (Å²) in [6.07, 6.45) is 1.99. The molecule has 0 amide bonds. The van der Waals surface area contributed by atoms with Gasteiger partial charge in [-0.15, -0.1) is 0 Å². The van der Waals surface area contributed by atoms with E-state index in [-0.39, 0.29) is 23.3 Å². The van der Waals surface area contributed by atoms with Gasteiger partial charge in [0.2, 0.25) is 5.88 Å². The molecular weight excluding hydrogens is 334 g/mol. The summed E-state index contributed by atoms with van der Waals surface area (Å²) in [5.74, 6) is 0.866. The largest absolute Gasteiger partial charge is 0.493 e. The summed E-state index contributed by atoms with van der Waals surface area (Å²) in [7, 11) is 0. The first kappa shape index (κ1) is 15.1. The molecule has 2 aromatic heterocycles. The number of nitrogens with one attached hydrogen (secondary N) is 1. The standard InChI is InChI=1S/C19H19N3O2S/c1-10-6-7-12-11-4-2-3-5-13(11)20-16(12)14(10)15-17(23)21-19-22(18(15)24)8-9-25-19/h2-5,10,14,20,23H,6-9H2,1H3/t10?,14-/m1/s1. The van der Waals surface area contributed by atoms with E-state index in [4.69, 9.17) is 0 Å². The third-order valence-electron chi connectivity index (χ3n) is 5.58. The van der Waals surface area contributed by atoms with Gasteiger partial charge in [0.05, 0.1) is 5.56 Å². The number of hydrogen-bond donors (Lipinski definition) is 2. The highest BCUT2D eigenvalue weighted by atomic mass is 32.2. The van der Waals surface area contributed by atoms with Crippen LogP contribution in [0.2, 0.25) is 0 Å². The van der Waals surface area contributed by atoms with Crippen LogP contribution in [0.1, 0.15) is 36.1 Å². The van der Waals surface area contributed by atoms with Gasteiger partial charge in [0.15, 0.2) is 5.16 Å². The number of hydrogen-bond acceptors (Lipinski definition) is 4. The van der Waals surface area contributed by atoms with Crippen LogP contribution in [-0.4, -0.2) is 25.4 Å². The molecule has 2 atom stereocenters. The van der Waals surface area contributed by atoms with Crippen molar-refractivity contribution in [3.05, 3.63) is 51.4 Å². The van der Waals surface area contributed by atoms with Crippen molar-refractivity contribution >= 4 is 22.7 Å². The van der Waals surface area contributed by atoms with E-state index in [0.29, 0.717) is 17.3 Å². The van der Waals surface area contributed by atoms with Crippen LogP contribution in [0.15, 0.2) is 34.2 Å². The van der Waals surface area contributed by atoms with Gasteiger partial charge in [-0.3, -0.25) is 9.36 Å². The molecule has 0 saturated heterocycles. The zero-order valence-electron chi connectivity index (χ0n) is 14.0. The first-order valence-corrected chi connectivity index (χ1v) is 9.69. The minimum absolute atomic E-state index is 0.0872. The number of rotatable bonds is 1. The number of fused-ring (bicyclic) bond motifs is 4. The smallest absolute Gasteiger partial charge is 0.261 e. The fraction of sp³-hybridized carbons (Fsp3) is 0.368. The number of aryl methyl sites for hydroxylation is 1. The molecule has 128 valence electrons. The quantitative estimate of drug-likeness (QED) is 0.659. The Morgan fingerprint density at radius 3 is 3.08 bits per heavy atom. The lowest BCUT2D eigenvalue weighted by atomic mass is 9.76. The molecule has 0 bridgehead atoms. The molecule has 2 aliphatic rings. The Balaban J connectivity index is 1.77. The van der Waals surface area contributed by atoms with Gasteiger partial charge in [-0.25, -0.2) is 0 Å². The summed E-state index contributed by atoms with van der Waals surface area (Å²) in [6.45, 7) is 2.82. The highest BCUT2D eigenvalue weighted by Crippen LogP contribution is 2.44. The van der Waals surface area contributed by atoms with Gasteiger partial charge in [-0.2, -0.15) is 4.98 Å². The molecule has 3 aromatic rings. The summed E-state index contributed by atoms with van der Waals surface area (Å²) in [5, 5.41) is 12.4. The van der Waals surface area contributed by atoms with Crippen LogP contribution < -0.4 is 5.56 Å². The highest BCUT2D eigenvalue weighted by Gasteiger charge is 2.36. The molecule has 6 heteroatoms. The molecule has 25 heavy (non-hydrogen) atoms. The Labute approximate surface area is 149 Å². The summed E-state index contributed by atoms with van der Waals surface area (Å²) < 4.78 is 1.71.